The molecule has 1 amide bonds. The molecule has 0 aliphatic rings. The molecule has 0 atom stereocenters. The van der Waals surface area contributed by atoms with E-state index in [9.17, 15) is 14.4 Å². The highest BCUT2D eigenvalue weighted by atomic mass is 16.5. The summed E-state index contributed by atoms with van der Waals surface area (Å²) in [6, 6.07) is 15.7. The van der Waals surface area contributed by atoms with E-state index >= 15 is 0 Å². The highest BCUT2D eigenvalue weighted by Crippen LogP contribution is 2.17. The van der Waals surface area contributed by atoms with Crippen molar-refractivity contribution in [1.82, 2.24) is 9.78 Å². The zero-order valence-corrected chi connectivity index (χ0v) is 16.7. The van der Waals surface area contributed by atoms with E-state index < -0.39 is 12.6 Å². The third-order valence-electron chi connectivity index (χ3n) is 4.52. The second kappa shape index (κ2) is 8.68. The molecule has 7 heteroatoms. The van der Waals surface area contributed by atoms with Gasteiger partial charge in [-0.25, -0.2) is 9.48 Å². The van der Waals surface area contributed by atoms with E-state index in [-0.39, 0.29) is 23.2 Å². The summed E-state index contributed by atoms with van der Waals surface area (Å²) in [6.07, 6.45) is 0. The Balaban J connectivity index is 1.86. The Bertz CT molecular complexity index is 1090. The smallest absolute Gasteiger partial charge is 0.359 e. The molecule has 7 nitrogen and oxygen atoms in total. The summed E-state index contributed by atoms with van der Waals surface area (Å²) in [6.45, 7) is 5.49. The van der Waals surface area contributed by atoms with Gasteiger partial charge in [-0.2, -0.15) is 5.10 Å². The van der Waals surface area contributed by atoms with Gasteiger partial charge in [0.2, 0.25) is 0 Å². The van der Waals surface area contributed by atoms with Crippen LogP contribution in [0.15, 0.2) is 59.4 Å². The number of aromatic nitrogens is 2. The van der Waals surface area contributed by atoms with Crippen LogP contribution in [-0.4, -0.2) is 34.8 Å². The summed E-state index contributed by atoms with van der Waals surface area (Å²) in [4.78, 5) is 39.4. The molecule has 0 aliphatic heterocycles. The number of hydrogen-bond donors (Lipinski definition) is 0. The van der Waals surface area contributed by atoms with Crippen molar-refractivity contribution in [2.45, 2.75) is 26.8 Å². The van der Waals surface area contributed by atoms with Crippen LogP contribution in [0.3, 0.4) is 0 Å². The van der Waals surface area contributed by atoms with E-state index in [2.05, 4.69) is 5.10 Å². The Morgan fingerprint density at radius 2 is 1.66 bits per heavy atom. The first kappa shape index (κ1) is 20.3. The van der Waals surface area contributed by atoms with Crippen LogP contribution < -0.4 is 10.5 Å². The lowest BCUT2D eigenvalue weighted by molar-refractivity contribution is -0.121. The van der Waals surface area contributed by atoms with Crippen molar-refractivity contribution in [3.63, 3.8) is 0 Å². The molecule has 1 aromatic heterocycles. The van der Waals surface area contributed by atoms with Crippen LogP contribution in [0.1, 0.15) is 37.3 Å². The van der Waals surface area contributed by atoms with Gasteiger partial charge in [-0.3, -0.25) is 9.59 Å². The van der Waals surface area contributed by atoms with Crippen LogP contribution in [0.4, 0.5) is 5.69 Å². The number of amides is 1. The molecule has 0 unspecified atom stereocenters. The first-order chi connectivity index (χ1) is 13.9. The predicted molar refractivity (Wildman–Crippen MR) is 111 cm³/mol. The molecule has 0 bridgehead atoms. The number of rotatable bonds is 6. The first-order valence-corrected chi connectivity index (χ1v) is 9.48. The molecule has 2 aromatic carbocycles. The van der Waals surface area contributed by atoms with Gasteiger partial charge < -0.3 is 9.64 Å². The van der Waals surface area contributed by atoms with Gasteiger partial charge in [0, 0.05) is 17.6 Å². The average molecular weight is 393 g/mol. The molecular weight excluding hydrogens is 370 g/mol. The van der Waals surface area contributed by atoms with Crippen molar-refractivity contribution in [3.05, 3.63) is 70.6 Å². The summed E-state index contributed by atoms with van der Waals surface area (Å²) in [5.74, 6) is -1.08. The van der Waals surface area contributed by atoms with Crippen LogP contribution >= 0.6 is 0 Å². The zero-order chi connectivity index (χ0) is 21.0. The number of likely N-dealkylation sites (N-methyl/N-ethyl adjacent to an activating group) is 1. The van der Waals surface area contributed by atoms with Crippen LogP contribution in [0.5, 0.6) is 0 Å². The number of para-hydroxylation sites is 1. The number of benzene rings is 2. The quantitative estimate of drug-likeness (QED) is 0.601. The van der Waals surface area contributed by atoms with Crippen molar-refractivity contribution < 1.29 is 14.3 Å². The maximum absolute atomic E-state index is 12.7. The van der Waals surface area contributed by atoms with E-state index in [1.165, 1.54) is 9.58 Å². The normalized spacial score (nSPS) is 10.9. The molecule has 29 heavy (non-hydrogen) atoms. The van der Waals surface area contributed by atoms with Gasteiger partial charge in [-0.15, -0.1) is 0 Å². The standard InChI is InChI=1S/C22H23N3O4/c1-4-24(16-10-6-5-7-11-16)19(26)14-29-22(28)20-17-12-8-9-13-18(17)21(27)25(23-20)15(2)3/h5-13,15H,4,14H2,1-3H3. The molecule has 0 saturated carbocycles. The lowest BCUT2D eigenvalue weighted by Crippen LogP contribution is -2.35. The molecule has 0 spiro atoms. The van der Waals surface area contributed by atoms with Crippen molar-refractivity contribution in [2.75, 3.05) is 18.1 Å². The minimum Gasteiger partial charge on any atom is -0.451 e. The number of ether oxygens (including phenoxy) is 1. The Morgan fingerprint density at radius 1 is 1.03 bits per heavy atom. The van der Waals surface area contributed by atoms with Gasteiger partial charge >= 0.3 is 5.97 Å². The average Bonchev–Trinajstić information content (AvgIpc) is 2.73. The molecule has 150 valence electrons. The summed E-state index contributed by atoms with van der Waals surface area (Å²) in [5, 5.41) is 4.99. The fourth-order valence-corrected chi connectivity index (χ4v) is 3.09. The minimum atomic E-state index is -0.743. The molecule has 3 rings (SSSR count). The van der Waals surface area contributed by atoms with Crippen molar-refractivity contribution in [2.24, 2.45) is 0 Å². The van der Waals surface area contributed by atoms with Gasteiger partial charge in [-0.05, 0) is 39.0 Å². The molecule has 0 radical (unpaired) electrons. The van der Waals surface area contributed by atoms with Crippen LogP contribution in [0.2, 0.25) is 0 Å². The fraction of sp³-hybridized carbons (Fsp3) is 0.273. The van der Waals surface area contributed by atoms with E-state index in [0.29, 0.717) is 17.3 Å². The molecule has 0 saturated heterocycles. The lowest BCUT2D eigenvalue weighted by Gasteiger charge is -2.20. The van der Waals surface area contributed by atoms with Gasteiger partial charge in [0.05, 0.1) is 11.4 Å². The van der Waals surface area contributed by atoms with E-state index in [1.807, 2.05) is 37.3 Å². The third kappa shape index (κ3) is 4.18. The van der Waals surface area contributed by atoms with Crippen LogP contribution in [-0.2, 0) is 9.53 Å². The summed E-state index contributed by atoms with van der Waals surface area (Å²) in [5.41, 5.74) is 0.474. The first-order valence-electron chi connectivity index (χ1n) is 9.48. The Hall–Kier alpha value is -3.48. The Labute approximate surface area is 168 Å². The highest BCUT2D eigenvalue weighted by Gasteiger charge is 2.21. The SMILES string of the molecule is CCN(C(=O)COC(=O)c1nn(C(C)C)c(=O)c2ccccc12)c1ccccc1. The third-order valence-corrected chi connectivity index (χ3v) is 4.52. The number of esters is 1. The Morgan fingerprint density at radius 3 is 2.28 bits per heavy atom. The van der Waals surface area contributed by atoms with Crippen LogP contribution in [0.25, 0.3) is 10.8 Å². The minimum absolute atomic E-state index is 0.0180. The number of nitrogens with zero attached hydrogens (tertiary/aromatic N) is 3. The molecule has 1 heterocycles. The zero-order valence-electron chi connectivity index (χ0n) is 16.7. The largest absolute Gasteiger partial charge is 0.451 e. The van der Waals surface area contributed by atoms with Gasteiger partial charge in [0.25, 0.3) is 11.5 Å². The fourth-order valence-electron chi connectivity index (χ4n) is 3.09. The predicted octanol–water partition coefficient (Wildman–Crippen LogP) is 3.19. The number of hydrogen-bond acceptors (Lipinski definition) is 5. The second-order valence-corrected chi connectivity index (χ2v) is 6.79. The Kier molecular flexibility index (Phi) is 6.07. The number of carbonyl (C=O) groups is 2. The van der Waals surface area contributed by atoms with E-state index in [4.69, 9.17) is 4.74 Å². The van der Waals surface area contributed by atoms with Gasteiger partial charge in [0.1, 0.15) is 0 Å². The van der Waals surface area contributed by atoms with E-state index in [1.54, 1.807) is 38.1 Å². The molecule has 0 N–H and O–H groups in total. The van der Waals surface area contributed by atoms with Crippen molar-refractivity contribution >= 4 is 28.3 Å². The molecule has 0 aliphatic carbocycles. The highest BCUT2D eigenvalue weighted by molar-refractivity contribution is 6.03. The van der Waals surface area contributed by atoms with Crippen molar-refractivity contribution in [1.29, 1.82) is 0 Å². The van der Waals surface area contributed by atoms with Crippen LogP contribution in [0, 0.1) is 0 Å². The maximum atomic E-state index is 12.7. The summed E-state index contributed by atoms with van der Waals surface area (Å²) < 4.78 is 6.52. The topological polar surface area (TPSA) is 81.5 Å². The van der Waals surface area contributed by atoms with Gasteiger partial charge in [0.15, 0.2) is 12.3 Å². The van der Waals surface area contributed by atoms with E-state index in [0.717, 1.165) is 5.69 Å². The van der Waals surface area contributed by atoms with Gasteiger partial charge in [-0.1, -0.05) is 36.4 Å². The number of fused-ring (bicyclic) bond motifs is 1. The second-order valence-electron chi connectivity index (χ2n) is 6.79. The monoisotopic (exact) mass is 393 g/mol. The summed E-state index contributed by atoms with van der Waals surface area (Å²) in [7, 11) is 0. The molecule has 3 aromatic rings. The van der Waals surface area contributed by atoms with Crippen molar-refractivity contribution in [3.8, 4) is 0 Å². The molecular formula is C22H23N3O4. The maximum Gasteiger partial charge on any atom is 0.359 e. The summed E-state index contributed by atoms with van der Waals surface area (Å²) >= 11 is 0. The number of carbonyl (C=O) groups excluding carboxylic acids is 2. The number of anilines is 1. The molecule has 0 fully saturated rings. The lowest BCUT2D eigenvalue weighted by atomic mass is 10.1.